The summed E-state index contributed by atoms with van der Waals surface area (Å²) in [5.74, 6) is 0. The summed E-state index contributed by atoms with van der Waals surface area (Å²) in [7, 11) is 0. The van der Waals surface area contributed by atoms with Gasteiger partial charge in [-0.3, -0.25) is 0 Å². The number of aliphatic hydroxyl groups is 1. The fourth-order valence-corrected chi connectivity index (χ4v) is 2.03. The van der Waals surface area contributed by atoms with E-state index in [1.54, 1.807) is 0 Å². The summed E-state index contributed by atoms with van der Waals surface area (Å²) in [5.41, 5.74) is 0. The van der Waals surface area contributed by atoms with E-state index in [1.807, 2.05) is 0 Å². The van der Waals surface area contributed by atoms with Gasteiger partial charge in [0.15, 0.2) is 0 Å². The summed E-state index contributed by atoms with van der Waals surface area (Å²) >= 11 is 0. The third-order valence-electron chi connectivity index (χ3n) is 3.30. The van der Waals surface area contributed by atoms with Crippen molar-refractivity contribution in [2.24, 2.45) is 0 Å². The highest BCUT2D eigenvalue weighted by Gasteiger charge is 1.87. The molecule has 20 heavy (non-hydrogen) atoms. The first kappa shape index (κ1) is 19.2. The number of unbranched alkanes of at least 4 members (excludes halogenated alkanes) is 7. The molecule has 0 amide bonds. The molecule has 0 saturated heterocycles. The van der Waals surface area contributed by atoms with E-state index >= 15 is 0 Å². The van der Waals surface area contributed by atoms with Crippen LogP contribution >= 0.6 is 0 Å². The molecule has 0 unspecified atom stereocenters. The molecular formula is C19H34O. The molecule has 0 aromatic heterocycles. The lowest BCUT2D eigenvalue weighted by Crippen LogP contribution is -1.77. The summed E-state index contributed by atoms with van der Waals surface area (Å²) in [5, 5.41) is 8.63. The van der Waals surface area contributed by atoms with Crippen LogP contribution in [0.15, 0.2) is 36.5 Å². The van der Waals surface area contributed by atoms with Crippen LogP contribution in [0.25, 0.3) is 0 Å². The van der Waals surface area contributed by atoms with Crippen LogP contribution in [-0.4, -0.2) is 11.7 Å². The lowest BCUT2D eigenvalue weighted by Gasteiger charge is -1.97. The molecule has 1 heteroatoms. The first-order valence-corrected chi connectivity index (χ1v) is 8.47. The Labute approximate surface area is 126 Å². The molecule has 0 bridgehead atoms. The molecule has 0 rings (SSSR count). The van der Waals surface area contributed by atoms with E-state index in [2.05, 4.69) is 43.4 Å². The second kappa shape index (κ2) is 18.2. The predicted molar refractivity (Wildman–Crippen MR) is 91.0 cm³/mol. The summed E-state index contributed by atoms with van der Waals surface area (Å²) in [4.78, 5) is 0. The van der Waals surface area contributed by atoms with Crippen LogP contribution in [0.3, 0.4) is 0 Å². The van der Waals surface area contributed by atoms with Crippen molar-refractivity contribution in [2.75, 3.05) is 6.61 Å². The van der Waals surface area contributed by atoms with Gasteiger partial charge in [-0.15, -0.1) is 0 Å². The van der Waals surface area contributed by atoms with Gasteiger partial charge < -0.3 is 5.11 Å². The Morgan fingerprint density at radius 1 is 0.600 bits per heavy atom. The highest BCUT2D eigenvalue weighted by Crippen LogP contribution is 2.07. The second-order valence-corrected chi connectivity index (χ2v) is 5.31. The molecule has 1 nitrogen and oxygen atoms in total. The molecule has 0 radical (unpaired) electrons. The molecule has 0 heterocycles. The molecule has 116 valence electrons. The zero-order valence-electron chi connectivity index (χ0n) is 13.4. The van der Waals surface area contributed by atoms with E-state index in [-0.39, 0.29) is 0 Å². The molecule has 1 N–H and O–H groups in total. The van der Waals surface area contributed by atoms with E-state index in [4.69, 9.17) is 5.11 Å². The average Bonchev–Trinajstić information content (AvgIpc) is 2.47. The van der Waals surface area contributed by atoms with Gasteiger partial charge in [0.25, 0.3) is 0 Å². The molecule has 0 aromatic carbocycles. The maximum absolute atomic E-state index is 8.63. The van der Waals surface area contributed by atoms with Crippen molar-refractivity contribution in [3.05, 3.63) is 36.5 Å². The zero-order chi connectivity index (χ0) is 14.7. The van der Waals surface area contributed by atoms with Crippen LogP contribution < -0.4 is 0 Å². The maximum atomic E-state index is 8.63. The van der Waals surface area contributed by atoms with Crippen LogP contribution in [0.2, 0.25) is 0 Å². The van der Waals surface area contributed by atoms with E-state index in [0.717, 1.165) is 25.7 Å². The van der Waals surface area contributed by atoms with E-state index < -0.39 is 0 Å². The third-order valence-corrected chi connectivity index (χ3v) is 3.30. The minimum absolute atomic E-state index is 0.295. The van der Waals surface area contributed by atoms with Crippen molar-refractivity contribution in [1.82, 2.24) is 0 Å². The second-order valence-electron chi connectivity index (χ2n) is 5.31. The summed E-state index contributed by atoms with van der Waals surface area (Å²) in [6, 6.07) is 0. The molecular weight excluding hydrogens is 244 g/mol. The predicted octanol–water partition coefficient (Wildman–Crippen LogP) is 5.96. The van der Waals surface area contributed by atoms with Gasteiger partial charge in [-0.05, 0) is 38.5 Å². The van der Waals surface area contributed by atoms with Crippen LogP contribution in [0.1, 0.15) is 77.6 Å². The highest BCUT2D eigenvalue weighted by atomic mass is 16.2. The summed E-state index contributed by atoms with van der Waals surface area (Å²) in [6.07, 6.45) is 26.8. The van der Waals surface area contributed by atoms with E-state index in [9.17, 15) is 0 Å². The normalized spacial score (nSPS) is 12.3. The Morgan fingerprint density at radius 2 is 1.10 bits per heavy atom. The van der Waals surface area contributed by atoms with Crippen LogP contribution in [0, 0.1) is 0 Å². The van der Waals surface area contributed by atoms with Gasteiger partial charge in [0.2, 0.25) is 0 Å². The van der Waals surface area contributed by atoms with Crippen molar-refractivity contribution in [3.8, 4) is 0 Å². The van der Waals surface area contributed by atoms with E-state index in [1.165, 1.54) is 44.9 Å². The molecule has 0 aliphatic heterocycles. The minimum atomic E-state index is 0.295. The SMILES string of the molecule is CCCCCCCCC=CCC=CCC=CCCCO. The smallest absolute Gasteiger partial charge is 0.0433 e. The van der Waals surface area contributed by atoms with Gasteiger partial charge in [0.05, 0.1) is 0 Å². The standard InChI is InChI=1S/C19H34O/c1-2-3-4-5-6-7-8-9-10-11-12-13-14-15-16-17-18-19-20/h9-10,12-13,15-16,20H,2-8,11,14,17-19H2,1H3. The van der Waals surface area contributed by atoms with Crippen molar-refractivity contribution in [2.45, 2.75) is 77.6 Å². The Morgan fingerprint density at radius 3 is 1.70 bits per heavy atom. The lowest BCUT2D eigenvalue weighted by atomic mass is 10.1. The molecule has 0 saturated carbocycles. The van der Waals surface area contributed by atoms with Crippen molar-refractivity contribution >= 4 is 0 Å². The minimum Gasteiger partial charge on any atom is -0.396 e. The Kier molecular flexibility index (Phi) is 17.4. The van der Waals surface area contributed by atoms with Gasteiger partial charge in [-0.2, -0.15) is 0 Å². The topological polar surface area (TPSA) is 20.2 Å². The molecule has 0 aliphatic rings. The number of hydrogen-bond donors (Lipinski definition) is 1. The summed E-state index contributed by atoms with van der Waals surface area (Å²) in [6.45, 7) is 2.56. The van der Waals surface area contributed by atoms with Gasteiger partial charge in [0, 0.05) is 6.61 Å². The Balaban J connectivity index is 3.24. The monoisotopic (exact) mass is 278 g/mol. The van der Waals surface area contributed by atoms with E-state index in [0.29, 0.717) is 6.61 Å². The molecule has 0 atom stereocenters. The van der Waals surface area contributed by atoms with Gasteiger partial charge in [-0.25, -0.2) is 0 Å². The fraction of sp³-hybridized carbons (Fsp3) is 0.684. The quantitative estimate of drug-likeness (QED) is 0.307. The number of rotatable bonds is 14. The van der Waals surface area contributed by atoms with Crippen LogP contribution in [0.4, 0.5) is 0 Å². The molecule has 0 aliphatic carbocycles. The van der Waals surface area contributed by atoms with Crippen LogP contribution in [0.5, 0.6) is 0 Å². The number of allylic oxidation sites excluding steroid dienone is 6. The van der Waals surface area contributed by atoms with Crippen LogP contribution in [-0.2, 0) is 0 Å². The average molecular weight is 278 g/mol. The largest absolute Gasteiger partial charge is 0.396 e. The number of aliphatic hydroxyl groups excluding tert-OH is 1. The Bertz CT molecular complexity index is 250. The molecule has 0 fully saturated rings. The first-order valence-electron chi connectivity index (χ1n) is 8.47. The number of hydrogen-bond acceptors (Lipinski definition) is 1. The summed E-state index contributed by atoms with van der Waals surface area (Å²) < 4.78 is 0. The van der Waals surface area contributed by atoms with Crippen molar-refractivity contribution < 1.29 is 5.11 Å². The van der Waals surface area contributed by atoms with Gasteiger partial charge in [-0.1, -0.05) is 75.5 Å². The lowest BCUT2D eigenvalue weighted by molar-refractivity contribution is 0.289. The first-order chi connectivity index (χ1) is 9.91. The van der Waals surface area contributed by atoms with Gasteiger partial charge >= 0.3 is 0 Å². The molecule has 0 aromatic rings. The van der Waals surface area contributed by atoms with Gasteiger partial charge in [0.1, 0.15) is 0 Å². The molecule has 0 spiro atoms. The maximum Gasteiger partial charge on any atom is 0.0433 e. The van der Waals surface area contributed by atoms with Crippen molar-refractivity contribution in [3.63, 3.8) is 0 Å². The van der Waals surface area contributed by atoms with Crippen molar-refractivity contribution in [1.29, 1.82) is 0 Å². The fourth-order valence-electron chi connectivity index (χ4n) is 2.03. The zero-order valence-corrected chi connectivity index (χ0v) is 13.4. The third kappa shape index (κ3) is 17.2. The Hall–Kier alpha value is -0.820. The highest BCUT2D eigenvalue weighted by molar-refractivity contribution is 4.97.